The van der Waals surface area contributed by atoms with Crippen LogP contribution in [0.15, 0.2) is 59.2 Å². The van der Waals surface area contributed by atoms with Gasteiger partial charge in [0, 0.05) is 16.7 Å². The maximum absolute atomic E-state index is 10.9. The summed E-state index contributed by atoms with van der Waals surface area (Å²) in [5.74, 6) is 0.596. The van der Waals surface area contributed by atoms with Crippen LogP contribution in [0.25, 0.3) is 11.5 Å². The number of para-hydroxylation sites is 2. The van der Waals surface area contributed by atoms with Crippen LogP contribution in [0.5, 0.6) is 5.75 Å². The molecule has 6 nitrogen and oxygen atoms in total. The van der Waals surface area contributed by atoms with Crippen LogP contribution in [0, 0.1) is 10.1 Å². The lowest BCUT2D eigenvalue weighted by molar-refractivity contribution is -0.385. The number of oxazole rings is 1. The zero-order chi connectivity index (χ0) is 16.2. The minimum Gasteiger partial charge on any atom is -0.480 e. The Morgan fingerprint density at radius 3 is 2.83 bits per heavy atom. The van der Waals surface area contributed by atoms with Crippen LogP contribution in [0.2, 0.25) is 5.02 Å². The number of ether oxygens (including phenoxy) is 1. The van der Waals surface area contributed by atoms with Gasteiger partial charge in [-0.1, -0.05) is 29.8 Å². The maximum atomic E-state index is 10.9. The molecule has 0 amide bonds. The van der Waals surface area contributed by atoms with E-state index in [2.05, 4.69) is 4.98 Å². The minimum absolute atomic E-state index is 0.0644. The van der Waals surface area contributed by atoms with E-state index in [-0.39, 0.29) is 18.0 Å². The Bertz CT molecular complexity index is 847. The Balaban J connectivity index is 1.74. The molecule has 3 aromatic rings. The summed E-state index contributed by atoms with van der Waals surface area (Å²) in [6.07, 6.45) is 1.45. The summed E-state index contributed by atoms with van der Waals surface area (Å²) >= 11 is 5.93. The fourth-order valence-corrected chi connectivity index (χ4v) is 2.20. The minimum atomic E-state index is -0.491. The zero-order valence-corrected chi connectivity index (χ0v) is 12.6. The second-order valence-electron chi connectivity index (χ2n) is 4.67. The summed E-state index contributed by atoms with van der Waals surface area (Å²) in [5, 5.41) is 11.5. The molecule has 7 heteroatoms. The van der Waals surface area contributed by atoms with E-state index < -0.39 is 4.92 Å². The van der Waals surface area contributed by atoms with Crippen LogP contribution in [0.1, 0.15) is 5.69 Å². The Hall–Kier alpha value is -2.86. The summed E-state index contributed by atoms with van der Waals surface area (Å²) in [6, 6.07) is 13.3. The Morgan fingerprint density at radius 2 is 2.04 bits per heavy atom. The molecule has 0 spiro atoms. The first-order valence-corrected chi connectivity index (χ1v) is 7.08. The van der Waals surface area contributed by atoms with Gasteiger partial charge in [-0.25, -0.2) is 4.98 Å². The van der Waals surface area contributed by atoms with Gasteiger partial charge in [-0.2, -0.15) is 0 Å². The van der Waals surface area contributed by atoms with Crippen molar-refractivity contribution in [2.24, 2.45) is 0 Å². The summed E-state index contributed by atoms with van der Waals surface area (Å²) in [4.78, 5) is 14.7. The van der Waals surface area contributed by atoms with Crippen molar-refractivity contribution in [3.8, 4) is 17.2 Å². The second kappa shape index (κ2) is 6.50. The number of aromatic nitrogens is 1. The Labute approximate surface area is 136 Å². The predicted octanol–water partition coefficient (Wildman–Crippen LogP) is 4.48. The summed E-state index contributed by atoms with van der Waals surface area (Å²) < 4.78 is 10.9. The third kappa shape index (κ3) is 3.49. The molecule has 0 saturated carbocycles. The lowest BCUT2D eigenvalue weighted by Crippen LogP contribution is -1.99. The smallest absolute Gasteiger partial charge is 0.310 e. The van der Waals surface area contributed by atoms with Crippen LogP contribution in [0.4, 0.5) is 5.69 Å². The van der Waals surface area contributed by atoms with Crippen molar-refractivity contribution in [1.82, 2.24) is 4.98 Å². The van der Waals surface area contributed by atoms with Crippen LogP contribution in [-0.4, -0.2) is 9.91 Å². The van der Waals surface area contributed by atoms with Crippen molar-refractivity contribution < 1.29 is 14.1 Å². The number of hydrogen-bond donors (Lipinski definition) is 0. The van der Waals surface area contributed by atoms with Crippen molar-refractivity contribution in [1.29, 1.82) is 0 Å². The molecule has 0 N–H and O–H groups in total. The van der Waals surface area contributed by atoms with Gasteiger partial charge < -0.3 is 9.15 Å². The average Bonchev–Trinajstić information content (AvgIpc) is 3.02. The Kier molecular flexibility index (Phi) is 4.25. The number of nitro groups is 1. The molecule has 1 heterocycles. The van der Waals surface area contributed by atoms with Crippen molar-refractivity contribution in [2.45, 2.75) is 6.61 Å². The maximum Gasteiger partial charge on any atom is 0.310 e. The van der Waals surface area contributed by atoms with Crippen molar-refractivity contribution >= 4 is 17.3 Å². The van der Waals surface area contributed by atoms with E-state index in [9.17, 15) is 10.1 Å². The lowest BCUT2D eigenvalue weighted by atomic mass is 10.2. The van der Waals surface area contributed by atoms with Crippen LogP contribution < -0.4 is 4.74 Å². The van der Waals surface area contributed by atoms with E-state index in [4.69, 9.17) is 20.8 Å². The third-order valence-electron chi connectivity index (χ3n) is 3.06. The van der Waals surface area contributed by atoms with E-state index in [1.54, 1.807) is 30.3 Å². The average molecular weight is 331 g/mol. The standard InChI is InChI=1S/C16H11ClN2O4/c17-12-5-3-4-11(8-12)16-18-13(10-23-16)9-22-15-7-2-1-6-14(15)19(20)21/h1-8,10H,9H2. The topological polar surface area (TPSA) is 78.4 Å². The van der Waals surface area contributed by atoms with E-state index >= 15 is 0 Å². The number of hydrogen-bond acceptors (Lipinski definition) is 5. The zero-order valence-electron chi connectivity index (χ0n) is 11.8. The highest BCUT2D eigenvalue weighted by Gasteiger charge is 2.14. The molecular weight excluding hydrogens is 320 g/mol. The van der Waals surface area contributed by atoms with Crippen LogP contribution in [-0.2, 0) is 6.61 Å². The molecule has 0 bridgehead atoms. The molecule has 0 aliphatic heterocycles. The molecule has 0 aliphatic carbocycles. The molecule has 0 atom stereocenters. The molecule has 0 fully saturated rings. The molecule has 0 unspecified atom stereocenters. The molecular formula is C16H11ClN2O4. The lowest BCUT2D eigenvalue weighted by Gasteiger charge is -2.03. The van der Waals surface area contributed by atoms with Crippen molar-refractivity contribution in [3.63, 3.8) is 0 Å². The fourth-order valence-electron chi connectivity index (χ4n) is 2.01. The highest BCUT2D eigenvalue weighted by molar-refractivity contribution is 6.30. The summed E-state index contributed by atoms with van der Waals surface area (Å²) in [5.41, 5.74) is 1.18. The van der Waals surface area contributed by atoms with Crippen molar-refractivity contribution in [3.05, 3.63) is 75.6 Å². The molecule has 0 aliphatic rings. The monoisotopic (exact) mass is 330 g/mol. The van der Waals surface area contributed by atoms with E-state index in [0.29, 0.717) is 16.6 Å². The largest absolute Gasteiger partial charge is 0.480 e. The molecule has 1 aromatic heterocycles. The van der Waals surface area contributed by atoms with Gasteiger partial charge in [0.15, 0.2) is 5.75 Å². The molecule has 0 saturated heterocycles. The third-order valence-corrected chi connectivity index (χ3v) is 3.30. The summed E-state index contributed by atoms with van der Waals surface area (Å²) in [6.45, 7) is 0.0644. The van der Waals surface area contributed by atoms with Gasteiger partial charge in [-0.15, -0.1) is 0 Å². The predicted molar refractivity (Wildman–Crippen MR) is 84.4 cm³/mol. The first-order valence-electron chi connectivity index (χ1n) is 6.70. The first-order chi connectivity index (χ1) is 11.1. The number of halogens is 1. The number of nitrogens with zero attached hydrogens (tertiary/aromatic N) is 2. The van der Waals surface area contributed by atoms with Gasteiger partial charge in [-0.3, -0.25) is 10.1 Å². The van der Waals surface area contributed by atoms with E-state index in [1.165, 1.54) is 18.4 Å². The highest BCUT2D eigenvalue weighted by atomic mass is 35.5. The van der Waals surface area contributed by atoms with Crippen LogP contribution in [0.3, 0.4) is 0 Å². The van der Waals surface area contributed by atoms with Crippen molar-refractivity contribution in [2.75, 3.05) is 0 Å². The van der Waals surface area contributed by atoms with Gasteiger partial charge in [0.1, 0.15) is 18.6 Å². The number of benzene rings is 2. The fraction of sp³-hybridized carbons (Fsp3) is 0.0625. The van der Waals surface area contributed by atoms with Gasteiger partial charge in [0.2, 0.25) is 5.89 Å². The van der Waals surface area contributed by atoms with Gasteiger partial charge >= 0.3 is 5.69 Å². The molecule has 0 radical (unpaired) electrons. The van der Waals surface area contributed by atoms with Gasteiger partial charge in [0.05, 0.1) is 4.92 Å². The molecule has 23 heavy (non-hydrogen) atoms. The van der Waals surface area contributed by atoms with Gasteiger partial charge in [0.25, 0.3) is 0 Å². The molecule has 3 rings (SSSR count). The summed E-state index contributed by atoms with van der Waals surface area (Å²) in [7, 11) is 0. The quantitative estimate of drug-likeness (QED) is 0.509. The Morgan fingerprint density at radius 1 is 1.22 bits per heavy atom. The first kappa shape index (κ1) is 15.1. The van der Waals surface area contributed by atoms with E-state index in [0.717, 1.165) is 5.56 Å². The normalized spacial score (nSPS) is 10.5. The van der Waals surface area contributed by atoms with E-state index in [1.807, 2.05) is 6.07 Å². The number of rotatable bonds is 5. The van der Waals surface area contributed by atoms with Gasteiger partial charge in [-0.05, 0) is 24.3 Å². The molecule has 2 aromatic carbocycles. The number of nitro benzene ring substituents is 1. The second-order valence-corrected chi connectivity index (χ2v) is 5.10. The SMILES string of the molecule is O=[N+]([O-])c1ccccc1OCc1coc(-c2cccc(Cl)c2)n1. The highest BCUT2D eigenvalue weighted by Crippen LogP contribution is 2.27. The van der Waals surface area contributed by atoms with Crippen LogP contribution >= 0.6 is 11.6 Å². The molecule has 116 valence electrons.